The van der Waals surface area contributed by atoms with Crippen molar-refractivity contribution in [1.29, 1.82) is 0 Å². The SMILES string of the molecule is CCN(CC)CCOc1ncccc1-c1nc2c(C(N)=O)cccc2[nH]1. The van der Waals surface area contributed by atoms with Crippen LogP contribution in [0, 0.1) is 0 Å². The zero-order valence-corrected chi connectivity index (χ0v) is 15.0. The molecule has 0 bridgehead atoms. The number of aromatic nitrogens is 3. The van der Waals surface area contributed by atoms with Gasteiger partial charge in [-0.15, -0.1) is 0 Å². The first-order valence-electron chi connectivity index (χ1n) is 8.73. The summed E-state index contributed by atoms with van der Waals surface area (Å²) in [5.74, 6) is 0.606. The number of ether oxygens (including phenoxy) is 1. The number of H-pyrrole nitrogens is 1. The molecule has 0 saturated carbocycles. The zero-order valence-electron chi connectivity index (χ0n) is 15.0. The van der Waals surface area contributed by atoms with Crippen LogP contribution in [0.5, 0.6) is 5.88 Å². The number of primary amides is 1. The monoisotopic (exact) mass is 353 g/mol. The summed E-state index contributed by atoms with van der Waals surface area (Å²) < 4.78 is 5.89. The number of imidazole rings is 1. The van der Waals surface area contributed by atoms with Crippen LogP contribution in [0.1, 0.15) is 24.2 Å². The molecule has 136 valence electrons. The van der Waals surface area contributed by atoms with Crippen molar-refractivity contribution < 1.29 is 9.53 Å². The van der Waals surface area contributed by atoms with Crippen molar-refractivity contribution in [3.63, 3.8) is 0 Å². The molecule has 0 aliphatic heterocycles. The Balaban J connectivity index is 1.89. The van der Waals surface area contributed by atoms with E-state index in [1.807, 2.05) is 18.2 Å². The summed E-state index contributed by atoms with van der Waals surface area (Å²) in [6, 6.07) is 9.01. The summed E-state index contributed by atoms with van der Waals surface area (Å²) in [7, 11) is 0. The highest BCUT2D eigenvalue weighted by Crippen LogP contribution is 2.28. The van der Waals surface area contributed by atoms with Crippen molar-refractivity contribution in [2.24, 2.45) is 5.73 Å². The molecule has 7 nitrogen and oxygen atoms in total. The first-order chi connectivity index (χ1) is 12.6. The van der Waals surface area contributed by atoms with Crippen molar-refractivity contribution in [2.45, 2.75) is 13.8 Å². The highest BCUT2D eigenvalue weighted by molar-refractivity contribution is 6.04. The molecule has 3 aromatic rings. The number of likely N-dealkylation sites (N-methyl/N-ethyl adjacent to an activating group) is 1. The Morgan fingerprint density at radius 3 is 2.77 bits per heavy atom. The van der Waals surface area contributed by atoms with Gasteiger partial charge in [0, 0.05) is 12.7 Å². The maximum absolute atomic E-state index is 11.6. The maximum Gasteiger partial charge on any atom is 0.250 e. The van der Waals surface area contributed by atoms with Gasteiger partial charge in [-0.05, 0) is 37.4 Å². The zero-order chi connectivity index (χ0) is 18.5. The van der Waals surface area contributed by atoms with Crippen LogP contribution in [0.2, 0.25) is 0 Å². The number of aromatic amines is 1. The molecule has 0 fully saturated rings. The van der Waals surface area contributed by atoms with Gasteiger partial charge in [-0.3, -0.25) is 4.79 Å². The van der Waals surface area contributed by atoms with E-state index in [0.29, 0.717) is 29.4 Å². The Bertz CT molecular complexity index is 902. The van der Waals surface area contributed by atoms with E-state index in [9.17, 15) is 4.79 Å². The van der Waals surface area contributed by atoms with Gasteiger partial charge in [-0.2, -0.15) is 0 Å². The molecule has 3 N–H and O–H groups in total. The number of hydrogen-bond donors (Lipinski definition) is 2. The number of para-hydroxylation sites is 1. The molecule has 3 rings (SSSR count). The van der Waals surface area contributed by atoms with E-state index in [1.54, 1.807) is 18.3 Å². The molecule has 1 amide bonds. The minimum atomic E-state index is -0.504. The number of amides is 1. The fraction of sp³-hybridized carbons (Fsp3) is 0.316. The van der Waals surface area contributed by atoms with Gasteiger partial charge in [-0.25, -0.2) is 9.97 Å². The van der Waals surface area contributed by atoms with Crippen molar-refractivity contribution in [2.75, 3.05) is 26.2 Å². The van der Waals surface area contributed by atoms with Gasteiger partial charge in [0.05, 0.1) is 16.6 Å². The minimum absolute atomic E-state index is 0.387. The average molecular weight is 353 g/mol. The molecule has 0 unspecified atom stereocenters. The molecule has 2 heterocycles. The number of carbonyl (C=O) groups is 1. The van der Waals surface area contributed by atoms with Crippen molar-refractivity contribution in [3.05, 3.63) is 42.1 Å². The van der Waals surface area contributed by atoms with Gasteiger partial charge in [0.25, 0.3) is 5.91 Å². The van der Waals surface area contributed by atoms with E-state index >= 15 is 0 Å². The number of carbonyl (C=O) groups excluding carboxylic acids is 1. The summed E-state index contributed by atoms with van der Waals surface area (Å²) in [4.78, 5) is 26.0. The Hall–Kier alpha value is -2.93. The van der Waals surface area contributed by atoms with Gasteiger partial charge >= 0.3 is 0 Å². The topological polar surface area (TPSA) is 97.1 Å². The van der Waals surface area contributed by atoms with Crippen LogP contribution >= 0.6 is 0 Å². The van der Waals surface area contributed by atoms with E-state index in [0.717, 1.165) is 30.7 Å². The lowest BCUT2D eigenvalue weighted by Gasteiger charge is -2.18. The Kier molecular flexibility index (Phi) is 5.48. The molecular formula is C19H23N5O2. The van der Waals surface area contributed by atoms with Crippen LogP contribution in [-0.2, 0) is 0 Å². The number of benzene rings is 1. The van der Waals surface area contributed by atoms with Gasteiger partial charge in [0.15, 0.2) is 0 Å². The first-order valence-corrected chi connectivity index (χ1v) is 8.73. The predicted molar refractivity (Wildman–Crippen MR) is 101 cm³/mol. The molecule has 0 spiro atoms. The normalized spacial score (nSPS) is 11.2. The third kappa shape index (κ3) is 3.67. The number of nitrogens with two attached hydrogens (primary N) is 1. The van der Waals surface area contributed by atoms with Gasteiger partial charge in [0.1, 0.15) is 17.9 Å². The van der Waals surface area contributed by atoms with E-state index in [-0.39, 0.29) is 0 Å². The number of pyridine rings is 1. The fourth-order valence-electron chi connectivity index (χ4n) is 2.86. The maximum atomic E-state index is 11.6. The highest BCUT2D eigenvalue weighted by Gasteiger charge is 2.15. The molecular weight excluding hydrogens is 330 g/mol. The van der Waals surface area contributed by atoms with E-state index < -0.39 is 5.91 Å². The first kappa shape index (κ1) is 17.9. The van der Waals surface area contributed by atoms with Gasteiger partial charge in [0.2, 0.25) is 5.88 Å². The Labute approximate surface area is 152 Å². The standard InChI is InChI=1S/C19H23N5O2/c1-3-24(4-2)11-12-26-19-14(8-6-10-21-19)18-22-15-9-5-7-13(17(20)25)16(15)23-18/h5-10H,3-4,11-12H2,1-2H3,(H2,20,25)(H,22,23). The highest BCUT2D eigenvalue weighted by atomic mass is 16.5. The van der Waals surface area contributed by atoms with E-state index in [4.69, 9.17) is 10.5 Å². The second kappa shape index (κ2) is 7.97. The quantitative estimate of drug-likeness (QED) is 0.648. The second-order valence-corrected chi connectivity index (χ2v) is 5.88. The number of nitrogens with one attached hydrogen (secondary N) is 1. The number of rotatable bonds is 8. The van der Waals surface area contributed by atoms with Gasteiger partial charge < -0.3 is 20.4 Å². The number of hydrogen-bond acceptors (Lipinski definition) is 5. The second-order valence-electron chi connectivity index (χ2n) is 5.88. The van der Waals surface area contributed by atoms with Crippen LogP contribution in [0.25, 0.3) is 22.4 Å². The lowest BCUT2D eigenvalue weighted by molar-refractivity contribution is 0.100. The smallest absolute Gasteiger partial charge is 0.250 e. The minimum Gasteiger partial charge on any atom is -0.476 e. The molecule has 26 heavy (non-hydrogen) atoms. The lowest BCUT2D eigenvalue weighted by Crippen LogP contribution is -2.28. The molecule has 0 aliphatic rings. The van der Waals surface area contributed by atoms with Crippen molar-refractivity contribution >= 4 is 16.9 Å². The van der Waals surface area contributed by atoms with E-state index in [1.165, 1.54) is 0 Å². The van der Waals surface area contributed by atoms with Crippen molar-refractivity contribution in [1.82, 2.24) is 19.9 Å². The van der Waals surface area contributed by atoms with Crippen molar-refractivity contribution in [3.8, 4) is 17.3 Å². The Morgan fingerprint density at radius 2 is 2.04 bits per heavy atom. The van der Waals surface area contributed by atoms with Crippen LogP contribution in [0.3, 0.4) is 0 Å². The number of fused-ring (bicyclic) bond motifs is 1. The molecule has 7 heteroatoms. The molecule has 0 atom stereocenters. The van der Waals surface area contributed by atoms with Crippen LogP contribution < -0.4 is 10.5 Å². The predicted octanol–water partition coefficient (Wildman–Crippen LogP) is 2.44. The van der Waals surface area contributed by atoms with E-state index in [2.05, 4.69) is 33.7 Å². The molecule has 2 aromatic heterocycles. The molecule has 1 aromatic carbocycles. The summed E-state index contributed by atoms with van der Waals surface area (Å²) in [5.41, 5.74) is 7.87. The Morgan fingerprint density at radius 1 is 1.23 bits per heavy atom. The van der Waals surface area contributed by atoms with Crippen LogP contribution in [0.15, 0.2) is 36.5 Å². The summed E-state index contributed by atoms with van der Waals surface area (Å²) in [5, 5.41) is 0. The fourth-order valence-corrected chi connectivity index (χ4v) is 2.86. The number of nitrogens with zero attached hydrogens (tertiary/aromatic N) is 3. The summed E-state index contributed by atoms with van der Waals surface area (Å²) in [6.45, 7) is 7.58. The van der Waals surface area contributed by atoms with Gasteiger partial charge in [-0.1, -0.05) is 19.9 Å². The molecule has 0 radical (unpaired) electrons. The summed E-state index contributed by atoms with van der Waals surface area (Å²) >= 11 is 0. The van der Waals surface area contributed by atoms with Crippen LogP contribution in [0.4, 0.5) is 0 Å². The molecule has 0 saturated heterocycles. The molecule has 0 aliphatic carbocycles. The third-order valence-corrected chi connectivity index (χ3v) is 4.35. The summed E-state index contributed by atoms with van der Waals surface area (Å²) in [6.07, 6.45) is 1.69. The lowest BCUT2D eigenvalue weighted by atomic mass is 10.2. The third-order valence-electron chi connectivity index (χ3n) is 4.35. The van der Waals surface area contributed by atoms with Crippen LogP contribution in [-0.4, -0.2) is 52.0 Å². The largest absolute Gasteiger partial charge is 0.476 e. The average Bonchev–Trinajstić information content (AvgIpc) is 3.09.